The van der Waals surface area contributed by atoms with Crippen LogP contribution in [0, 0.1) is 0 Å². The lowest BCUT2D eigenvalue weighted by Crippen LogP contribution is -2.52. The van der Waals surface area contributed by atoms with Gasteiger partial charge in [0.05, 0.1) is 22.8 Å². The summed E-state index contributed by atoms with van der Waals surface area (Å²) in [6.45, 7) is 0.919. The number of hydrogen-bond acceptors (Lipinski definition) is 6. The summed E-state index contributed by atoms with van der Waals surface area (Å²) >= 11 is 1.66. The van der Waals surface area contributed by atoms with Gasteiger partial charge < -0.3 is 5.32 Å². The van der Waals surface area contributed by atoms with Crippen LogP contribution in [-0.2, 0) is 9.59 Å². The Hall–Kier alpha value is -2.52. The van der Waals surface area contributed by atoms with E-state index in [4.69, 9.17) is 4.98 Å². The number of thiazole rings is 1. The quantitative estimate of drug-likeness (QED) is 0.732. The third-order valence-electron chi connectivity index (χ3n) is 6.41. The Morgan fingerprint density at radius 3 is 2.80 bits per heavy atom. The zero-order chi connectivity index (χ0) is 20.7. The normalized spacial score (nSPS) is 24.0. The molecule has 0 unspecified atom stereocenters. The molecule has 1 atom stereocenters. The summed E-state index contributed by atoms with van der Waals surface area (Å²) in [5.74, 6) is -0.677. The van der Waals surface area contributed by atoms with E-state index in [1.165, 1.54) is 0 Å². The van der Waals surface area contributed by atoms with Gasteiger partial charge in [0.2, 0.25) is 0 Å². The first-order chi connectivity index (χ1) is 14.6. The number of rotatable bonds is 4. The molecule has 1 aliphatic carbocycles. The zero-order valence-corrected chi connectivity index (χ0v) is 17.5. The fourth-order valence-electron chi connectivity index (χ4n) is 4.89. The first-order valence-electron chi connectivity index (χ1n) is 10.6. The maximum Gasteiger partial charge on any atom is 0.344 e. The van der Waals surface area contributed by atoms with E-state index in [0.717, 1.165) is 58.9 Å². The molecule has 9 heteroatoms. The van der Waals surface area contributed by atoms with Gasteiger partial charge in [0, 0.05) is 0 Å². The zero-order valence-electron chi connectivity index (χ0n) is 16.7. The summed E-state index contributed by atoms with van der Waals surface area (Å²) in [6.07, 6.45) is 6.08. The SMILES string of the molecule is O=C(CN1CCC[C@H]1c1nc2ccccc2s1)NN1C(=O)NC2(CCCCC2)C1=O. The molecule has 158 valence electrons. The molecular weight excluding hydrogens is 402 g/mol. The lowest BCUT2D eigenvalue weighted by Gasteiger charge is -2.30. The van der Waals surface area contributed by atoms with Crippen molar-refractivity contribution in [2.24, 2.45) is 0 Å². The second-order valence-electron chi connectivity index (χ2n) is 8.40. The highest BCUT2D eigenvalue weighted by atomic mass is 32.1. The van der Waals surface area contributed by atoms with Crippen molar-refractivity contribution in [2.45, 2.75) is 56.5 Å². The van der Waals surface area contributed by atoms with E-state index in [9.17, 15) is 14.4 Å². The number of benzene rings is 1. The van der Waals surface area contributed by atoms with Crippen molar-refractivity contribution in [3.8, 4) is 0 Å². The fraction of sp³-hybridized carbons (Fsp3) is 0.524. The Balaban J connectivity index is 1.26. The Kier molecular flexibility index (Phi) is 4.94. The first-order valence-corrected chi connectivity index (χ1v) is 11.4. The third-order valence-corrected chi connectivity index (χ3v) is 7.55. The second kappa shape index (κ2) is 7.63. The number of carbonyl (C=O) groups excluding carboxylic acids is 3. The average molecular weight is 428 g/mol. The minimum absolute atomic E-state index is 0.0842. The number of fused-ring (bicyclic) bond motifs is 1. The number of nitrogens with one attached hydrogen (secondary N) is 2. The molecule has 0 bridgehead atoms. The van der Waals surface area contributed by atoms with Gasteiger partial charge in [0.15, 0.2) is 0 Å². The first kappa shape index (κ1) is 19.4. The molecule has 1 spiro atoms. The van der Waals surface area contributed by atoms with Gasteiger partial charge in [0.1, 0.15) is 10.5 Å². The summed E-state index contributed by atoms with van der Waals surface area (Å²) in [4.78, 5) is 44.8. The molecule has 2 saturated heterocycles. The van der Waals surface area contributed by atoms with Gasteiger partial charge in [-0.05, 0) is 44.4 Å². The molecule has 2 N–H and O–H groups in total. The van der Waals surface area contributed by atoms with Crippen LogP contribution in [0.2, 0.25) is 0 Å². The molecule has 1 saturated carbocycles. The molecule has 5 rings (SSSR count). The van der Waals surface area contributed by atoms with Crippen LogP contribution in [0.3, 0.4) is 0 Å². The van der Waals surface area contributed by atoms with Gasteiger partial charge in [0.25, 0.3) is 11.8 Å². The number of aromatic nitrogens is 1. The number of imide groups is 1. The molecule has 4 amide bonds. The van der Waals surface area contributed by atoms with Gasteiger partial charge in [-0.2, -0.15) is 5.01 Å². The number of hydrogen-bond donors (Lipinski definition) is 2. The number of amides is 4. The number of urea groups is 1. The molecule has 1 aromatic carbocycles. The van der Waals surface area contributed by atoms with Crippen molar-refractivity contribution >= 4 is 39.4 Å². The number of carbonyl (C=O) groups is 3. The largest absolute Gasteiger partial charge is 0.344 e. The van der Waals surface area contributed by atoms with Crippen LogP contribution in [0.4, 0.5) is 4.79 Å². The molecule has 1 aromatic heterocycles. The average Bonchev–Trinajstić information content (AvgIpc) is 3.42. The Morgan fingerprint density at radius 1 is 1.20 bits per heavy atom. The van der Waals surface area contributed by atoms with E-state index in [2.05, 4.69) is 21.7 Å². The fourth-order valence-corrected chi connectivity index (χ4v) is 6.03. The third kappa shape index (κ3) is 3.35. The molecule has 3 heterocycles. The van der Waals surface area contributed by atoms with E-state index < -0.39 is 11.6 Å². The molecule has 3 fully saturated rings. The van der Waals surface area contributed by atoms with E-state index in [-0.39, 0.29) is 24.4 Å². The molecule has 8 nitrogen and oxygen atoms in total. The highest BCUT2D eigenvalue weighted by Crippen LogP contribution is 2.36. The van der Waals surface area contributed by atoms with Crippen LogP contribution in [0.5, 0.6) is 0 Å². The maximum absolute atomic E-state index is 12.9. The molecule has 2 aromatic rings. The molecule has 2 aliphatic heterocycles. The minimum Gasteiger partial charge on any atom is -0.322 e. The van der Waals surface area contributed by atoms with E-state index in [1.807, 2.05) is 18.2 Å². The number of nitrogens with zero attached hydrogens (tertiary/aromatic N) is 3. The van der Waals surface area contributed by atoms with Crippen molar-refractivity contribution in [2.75, 3.05) is 13.1 Å². The topological polar surface area (TPSA) is 94.6 Å². The smallest absolute Gasteiger partial charge is 0.322 e. The summed E-state index contributed by atoms with van der Waals surface area (Å²) in [5.41, 5.74) is 2.69. The number of likely N-dealkylation sites (tertiary alicyclic amines) is 1. The lowest BCUT2D eigenvalue weighted by molar-refractivity contribution is -0.140. The highest BCUT2D eigenvalue weighted by Gasteiger charge is 2.52. The molecule has 0 radical (unpaired) electrons. The van der Waals surface area contributed by atoms with Crippen LogP contribution in [0.25, 0.3) is 10.2 Å². The second-order valence-corrected chi connectivity index (χ2v) is 9.46. The molecule has 30 heavy (non-hydrogen) atoms. The van der Waals surface area contributed by atoms with Gasteiger partial charge in [-0.3, -0.25) is 19.9 Å². The van der Waals surface area contributed by atoms with Crippen LogP contribution in [0.1, 0.15) is 56.0 Å². The van der Waals surface area contributed by atoms with Crippen molar-refractivity contribution in [1.29, 1.82) is 0 Å². The van der Waals surface area contributed by atoms with Crippen molar-refractivity contribution in [1.82, 2.24) is 25.6 Å². The Morgan fingerprint density at radius 2 is 2.00 bits per heavy atom. The van der Waals surface area contributed by atoms with Crippen LogP contribution < -0.4 is 10.7 Å². The van der Waals surface area contributed by atoms with E-state index in [1.54, 1.807) is 11.3 Å². The van der Waals surface area contributed by atoms with Crippen LogP contribution in [-0.4, -0.2) is 51.4 Å². The summed E-state index contributed by atoms with van der Waals surface area (Å²) in [5, 5.41) is 4.72. The van der Waals surface area contributed by atoms with Crippen molar-refractivity contribution in [3.05, 3.63) is 29.3 Å². The monoisotopic (exact) mass is 427 g/mol. The standard InChI is InChI=1S/C21H25N5O3S/c27-17(24-26-19(28)21(23-20(26)29)10-4-1-5-11-21)13-25-12-6-8-15(25)18-22-14-7-2-3-9-16(14)30-18/h2-3,7,9,15H,1,4-6,8,10-13H2,(H,23,29)(H,24,27)/t15-/m0/s1. The summed E-state index contributed by atoms with van der Waals surface area (Å²) in [6, 6.07) is 7.59. The Bertz CT molecular complexity index is 966. The molecule has 3 aliphatic rings. The Labute approximate surface area is 178 Å². The molecular formula is C21H25N5O3S. The maximum atomic E-state index is 12.9. The summed E-state index contributed by atoms with van der Waals surface area (Å²) in [7, 11) is 0. The predicted octanol–water partition coefficient (Wildman–Crippen LogP) is 2.72. The van der Waals surface area contributed by atoms with Crippen LogP contribution >= 0.6 is 11.3 Å². The predicted molar refractivity (Wildman–Crippen MR) is 113 cm³/mol. The van der Waals surface area contributed by atoms with Gasteiger partial charge >= 0.3 is 6.03 Å². The lowest BCUT2D eigenvalue weighted by atomic mass is 9.82. The number of para-hydroxylation sites is 1. The highest BCUT2D eigenvalue weighted by molar-refractivity contribution is 7.18. The minimum atomic E-state index is -0.834. The van der Waals surface area contributed by atoms with Crippen LogP contribution in [0.15, 0.2) is 24.3 Å². The van der Waals surface area contributed by atoms with Crippen molar-refractivity contribution < 1.29 is 14.4 Å². The van der Waals surface area contributed by atoms with Crippen molar-refractivity contribution in [3.63, 3.8) is 0 Å². The van der Waals surface area contributed by atoms with Gasteiger partial charge in [-0.25, -0.2) is 9.78 Å². The number of hydrazine groups is 1. The van der Waals surface area contributed by atoms with Gasteiger partial charge in [-0.1, -0.05) is 31.4 Å². The van der Waals surface area contributed by atoms with Gasteiger partial charge in [-0.15, -0.1) is 11.3 Å². The van der Waals surface area contributed by atoms with E-state index >= 15 is 0 Å². The summed E-state index contributed by atoms with van der Waals surface area (Å²) < 4.78 is 1.14. The van der Waals surface area contributed by atoms with E-state index in [0.29, 0.717) is 12.8 Å².